The summed E-state index contributed by atoms with van der Waals surface area (Å²) >= 11 is 5.97. The van der Waals surface area contributed by atoms with Crippen LogP contribution < -0.4 is 14.8 Å². The first-order valence-electron chi connectivity index (χ1n) is 7.09. The fourth-order valence-electron chi connectivity index (χ4n) is 1.77. The van der Waals surface area contributed by atoms with E-state index in [0.29, 0.717) is 28.8 Å². The summed E-state index contributed by atoms with van der Waals surface area (Å²) in [6.07, 6.45) is 0. The van der Waals surface area contributed by atoms with Crippen molar-refractivity contribution in [1.82, 2.24) is 0 Å². The Morgan fingerprint density at radius 1 is 1.13 bits per heavy atom. The molecule has 1 amide bonds. The molecule has 0 unspecified atom stereocenters. The molecular formula is C18H18ClNO3. The van der Waals surface area contributed by atoms with E-state index < -0.39 is 0 Å². The minimum Gasteiger partial charge on any atom is -0.489 e. The largest absolute Gasteiger partial charge is 0.489 e. The second-order valence-electron chi connectivity index (χ2n) is 5.04. The van der Waals surface area contributed by atoms with E-state index >= 15 is 0 Å². The highest BCUT2D eigenvalue weighted by Crippen LogP contribution is 2.23. The minimum absolute atomic E-state index is 0.124. The molecule has 0 aliphatic heterocycles. The second kappa shape index (κ2) is 8.25. The number of rotatable bonds is 7. The van der Waals surface area contributed by atoms with Crippen molar-refractivity contribution >= 4 is 23.2 Å². The zero-order chi connectivity index (χ0) is 16.7. The number of benzene rings is 2. The molecule has 0 saturated heterocycles. The molecular weight excluding hydrogens is 314 g/mol. The van der Waals surface area contributed by atoms with Crippen molar-refractivity contribution in [2.45, 2.75) is 6.92 Å². The van der Waals surface area contributed by atoms with Crippen LogP contribution in [-0.2, 0) is 4.79 Å². The van der Waals surface area contributed by atoms with Gasteiger partial charge in [0.1, 0.15) is 18.1 Å². The third kappa shape index (κ3) is 5.68. The Kier molecular flexibility index (Phi) is 6.06. The average molecular weight is 332 g/mol. The van der Waals surface area contributed by atoms with Crippen molar-refractivity contribution in [2.75, 3.05) is 18.5 Å². The Labute approximate surface area is 140 Å². The number of para-hydroxylation sites is 1. The molecule has 0 spiro atoms. The average Bonchev–Trinajstić information content (AvgIpc) is 2.52. The topological polar surface area (TPSA) is 47.6 Å². The van der Waals surface area contributed by atoms with E-state index in [1.165, 1.54) is 0 Å². The predicted molar refractivity (Wildman–Crippen MR) is 92.3 cm³/mol. The van der Waals surface area contributed by atoms with Crippen molar-refractivity contribution in [1.29, 1.82) is 0 Å². The number of anilines is 1. The normalized spacial score (nSPS) is 10.0. The Balaban J connectivity index is 1.89. The van der Waals surface area contributed by atoms with Crippen LogP contribution in [0.25, 0.3) is 0 Å². The highest BCUT2D eigenvalue weighted by Gasteiger charge is 2.06. The summed E-state index contributed by atoms with van der Waals surface area (Å²) in [6.45, 7) is 5.98. The van der Waals surface area contributed by atoms with Crippen molar-refractivity contribution in [3.8, 4) is 11.5 Å². The Bertz CT molecular complexity index is 700. The van der Waals surface area contributed by atoms with E-state index in [1.807, 2.05) is 13.0 Å². The first-order chi connectivity index (χ1) is 11.0. The molecule has 0 aromatic heterocycles. The highest BCUT2D eigenvalue weighted by atomic mass is 35.5. The van der Waals surface area contributed by atoms with Gasteiger partial charge in [-0.25, -0.2) is 0 Å². The van der Waals surface area contributed by atoms with Gasteiger partial charge in [-0.3, -0.25) is 4.79 Å². The van der Waals surface area contributed by atoms with E-state index in [2.05, 4.69) is 11.9 Å². The van der Waals surface area contributed by atoms with E-state index in [4.69, 9.17) is 21.1 Å². The van der Waals surface area contributed by atoms with Gasteiger partial charge in [0.15, 0.2) is 6.61 Å². The summed E-state index contributed by atoms with van der Waals surface area (Å²) in [7, 11) is 0. The third-order valence-electron chi connectivity index (χ3n) is 2.80. The van der Waals surface area contributed by atoms with Gasteiger partial charge >= 0.3 is 0 Å². The summed E-state index contributed by atoms with van der Waals surface area (Å²) in [6, 6.07) is 14.2. The molecule has 2 aromatic rings. The van der Waals surface area contributed by atoms with Gasteiger partial charge in [0.2, 0.25) is 0 Å². The van der Waals surface area contributed by atoms with Gasteiger partial charge in [-0.05, 0) is 36.8 Å². The van der Waals surface area contributed by atoms with E-state index in [1.54, 1.807) is 42.5 Å². The summed E-state index contributed by atoms with van der Waals surface area (Å²) in [5, 5.41) is 3.22. The molecule has 0 bridgehead atoms. The molecule has 0 aliphatic rings. The summed E-state index contributed by atoms with van der Waals surface area (Å²) in [5.41, 5.74) is 1.56. The lowest BCUT2D eigenvalue weighted by molar-refractivity contribution is -0.118. The van der Waals surface area contributed by atoms with Crippen LogP contribution in [0, 0.1) is 0 Å². The molecule has 1 N–H and O–H groups in total. The predicted octanol–water partition coefficient (Wildman–Crippen LogP) is 4.31. The maximum Gasteiger partial charge on any atom is 0.262 e. The van der Waals surface area contributed by atoms with Crippen LogP contribution in [-0.4, -0.2) is 19.1 Å². The van der Waals surface area contributed by atoms with Crippen molar-refractivity contribution in [2.24, 2.45) is 0 Å². The van der Waals surface area contributed by atoms with Crippen LogP contribution in [0.2, 0.25) is 5.02 Å². The Morgan fingerprint density at radius 3 is 2.65 bits per heavy atom. The molecule has 0 atom stereocenters. The third-order valence-corrected chi connectivity index (χ3v) is 3.11. The molecule has 2 rings (SSSR count). The summed E-state index contributed by atoms with van der Waals surface area (Å²) in [5.74, 6) is 0.864. The number of amides is 1. The zero-order valence-corrected chi connectivity index (χ0v) is 13.6. The summed E-state index contributed by atoms with van der Waals surface area (Å²) in [4.78, 5) is 11.9. The lowest BCUT2D eigenvalue weighted by Gasteiger charge is -2.10. The molecule has 23 heavy (non-hydrogen) atoms. The van der Waals surface area contributed by atoms with Crippen molar-refractivity contribution < 1.29 is 14.3 Å². The Hall–Kier alpha value is -2.46. The number of carbonyl (C=O) groups excluding carboxylic acids is 1. The molecule has 120 valence electrons. The van der Waals surface area contributed by atoms with Gasteiger partial charge in [-0.15, -0.1) is 0 Å². The standard InChI is InChI=1S/C18H18ClNO3/c1-13(2)11-22-15-7-5-6-14(10-15)20-18(21)12-23-17-9-4-3-8-16(17)19/h3-10H,1,11-12H2,2H3,(H,20,21). The minimum atomic E-state index is -0.276. The van der Waals surface area contributed by atoms with Gasteiger partial charge in [0.25, 0.3) is 5.91 Å². The van der Waals surface area contributed by atoms with Gasteiger partial charge in [0.05, 0.1) is 5.02 Å². The highest BCUT2D eigenvalue weighted by molar-refractivity contribution is 6.32. The SMILES string of the molecule is C=C(C)COc1cccc(NC(=O)COc2ccccc2Cl)c1. The summed E-state index contributed by atoms with van der Waals surface area (Å²) < 4.78 is 10.9. The van der Waals surface area contributed by atoms with E-state index in [0.717, 1.165) is 5.57 Å². The number of ether oxygens (including phenoxy) is 2. The van der Waals surface area contributed by atoms with Crippen LogP contribution in [0.1, 0.15) is 6.92 Å². The fraction of sp³-hybridized carbons (Fsp3) is 0.167. The van der Waals surface area contributed by atoms with Crippen LogP contribution in [0.4, 0.5) is 5.69 Å². The number of carbonyl (C=O) groups is 1. The monoisotopic (exact) mass is 331 g/mol. The van der Waals surface area contributed by atoms with Gasteiger partial charge in [-0.1, -0.05) is 36.4 Å². The van der Waals surface area contributed by atoms with Crippen LogP contribution in [0.15, 0.2) is 60.7 Å². The first-order valence-corrected chi connectivity index (χ1v) is 7.47. The quantitative estimate of drug-likeness (QED) is 0.769. The van der Waals surface area contributed by atoms with Gasteiger partial charge < -0.3 is 14.8 Å². The number of hydrogen-bond acceptors (Lipinski definition) is 3. The fourth-order valence-corrected chi connectivity index (χ4v) is 1.96. The van der Waals surface area contributed by atoms with Crippen molar-refractivity contribution in [3.05, 3.63) is 65.7 Å². The lowest BCUT2D eigenvalue weighted by Crippen LogP contribution is -2.20. The van der Waals surface area contributed by atoms with Crippen LogP contribution >= 0.6 is 11.6 Å². The maximum atomic E-state index is 11.9. The zero-order valence-electron chi connectivity index (χ0n) is 12.8. The molecule has 0 aliphatic carbocycles. The smallest absolute Gasteiger partial charge is 0.262 e. The van der Waals surface area contributed by atoms with Crippen LogP contribution in [0.3, 0.4) is 0 Å². The van der Waals surface area contributed by atoms with Gasteiger partial charge in [0, 0.05) is 11.8 Å². The lowest BCUT2D eigenvalue weighted by atomic mass is 10.3. The molecule has 0 saturated carbocycles. The Morgan fingerprint density at radius 2 is 1.91 bits per heavy atom. The number of nitrogens with one attached hydrogen (secondary N) is 1. The molecule has 0 radical (unpaired) electrons. The van der Waals surface area contributed by atoms with E-state index in [9.17, 15) is 4.79 Å². The molecule has 5 heteroatoms. The molecule has 4 nitrogen and oxygen atoms in total. The number of halogens is 1. The second-order valence-corrected chi connectivity index (χ2v) is 5.45. The molecule has 2 aromatic carbocycles. The van der Waals surface area contributed by atoms with Crippen LogP contribution in [0.5, 0.6) is 11.5 Å². The van der Waals surface area contributed by atoms with Crippen molar-refractivity contribution in [3.63, 3.8) is 0 Å². The molecule has 0 heterocycles. The maximum absolute atomic E-state index is 11.9. The first kappa shape index (κ1) is 16.9. The number of hydrogen-bond donors (Lipinski definition) is 1. The molecule has 0 fully saturated rings. The van der Waals surface area contributed by atoms with E-state index in [-0.39, 0.29) is 12.5 Å². The van der Waals surface area contributed by atoms with Gasteiger partial charge in [-0.2, -0.15) is 0 Å².